The minimum atomic E-state index is -0.384. The number of likely N-dealkylation sites (N-methyl/N-ethyl adjacent to an activating group) is 1. The number of nitrogens with zero attached hydrogens (tertiary/aromatic N) is 7. The van der Waals surface area contributed by atoms with E-state index in [-0.39, 0.29) is 46.3 Å². The monoisotopic (exact) mass is 695 g/mol. The molecule has 0 N–H and O–H groups in total. The fourth-order valence-electron chi connectivity index (χ4n) is 6.17. The van der Waals surface area contributed by atoms with Crippen LogP contribution in [0.15, 0.2) is 112 Å². The van der Waals surface area contributed by atoms with E-state index < -0.39 is 0 Å². The van der Waals surface area contributed by atoms with Crippen LogP contribution in [0.4, 0.5) is 5.69 Å². The Morgan fingerprint density at radius 3 is 2.25 bits per heavy atom. The van der Waals surface area contributed by atoms with Crippen molar-refractivity contribution < 1.29 is 14.3 Å². The minimum Gasteiger partial charge on any atom is -0.464 e. The van der Waals surface area contributed by atoms with Gasteiger partial charge in [-0.05, 0) is 74.1 Å². The third-order valence-corrected chi connectivity index (χ3v) is 9.22. The van der Waals surface area contributed by atoms with Crippen molar-refractivity contribution in [3.05, 3.63) is 107 Å². The zero-order valence-electron chi connectivity index (χ0n) is 30.4. The number of carbonyl (C=O) groups is 2. The van der Waals surface area contributed by atoms with Gasteiger partial charge in [0.2, 0.25) is 0 Å². The molecule has 10 nitrogen and oxygen atoms in total. The fraction of sp³-hybridized carbons (Fsp3) is 0.357. The van der Waals surface area contributed by atoms with E-state index in [2.05, 4.69) is 40.3 Å². The highest BCUT2D eigenvalue weighted by atomic mass is 16.5. The topological polar surface area (TPSA) is 146 Å². The van der Waals surface area contributed by atoms with E-state index in [4.69, 9.17) is 4.74 Å². The molecule has 10 heteroatoms. The van der Waals surface area contributed by atoms with E-state index in [9.17, 15) is 25.4 Å². The summed E-state index contributed by atoms with van der Waals surface area (Å²) < 4.78 is 5.60. The number of benzene rings is 2. The maximum absolute atomic E-state index is 13.5. The summed E-state index contributed by atoms with van der Waals surface area (Å²) in [6.45, 7) is 10.2. The molecule has 1 aliphatic heterocycles. The fourth-order valence-corrected chi connectivity index (χ4v) is 6.17. The second kappa shape index (κ2) is 19.5. The number of nitriles is 3. The lowest BCUT2D eigenvalue weighted by Crippen LogP contribution is -2.37. The summed E-state index contributed by atoms with van der Waals surface area (Å²) in [6.07, 6.45) is 13.9. The van der Waals surface area contributed by atoms with Crippen LogP contribution >= 0.6 is 0 Å². The molecule has 0 radical (unpaired) electrons. The molecule has 0 bridgehead atoms. The van der Waals surface area contributed by atoms with E-state index in [1.807, 2.05) is 87.5 Å². The van der Waals surface area contributed by atoms with Crippen molar-refractivity contribution >= 4 is 23.1 Å². The maximum Gasteiger partial charge on any atom is 0.309 e. The normalized spacial score (nSPS) is 16.3. The van der Waals surface area contributed by atoms with Crippen LogP contribution in [0.3, 0.4) is 0 Å². The van der Waals surface area contributed by atoms with Crippen LogP contribution in [0.2, 0.25) is 0 Å². The van der Waals surface area contributed by atoms with Gasteiger partial charge in [0.05, 0.1) is 34.1 Å². The molecule has 1 aliphatic carbocycles. The van der Waals surface area contributed by atoms with Gasteiger partial charge in [0, 0.05) is 19.1 Å². The van der Waals surface area contributed by atoms with Gasteiger partial charge in [-0.15, -0.1) is 0 Å². The second-order valence-electron chi connectivity index (χ2n) is 12.4. The molecule has 2 unspecified atom stereocenters. The van der Waals surface area contributed by atoms with Gasteiger partial charge < -0.3 is 9.64 Å². The summed E-state index contributed by atoms with van der Waals surface area (Å²) in [6, 6.07) is 20.9. The predicted octanol–water partition coefficient (Wildman–Crippen LogP) is 8.73. The van der Waals surface area contributed by atoms with Gasteiger partial charge in [-0.25, -0.2) is 0 Å². The van der Waals surface area contributed by atoms with Crippen molar-refractivity contribution in [2.45, 2.75) is 65.8 Å². The van der Waals surface area contributed by atoms with E-state index in [1.54, 1.807) is 12.1 Å². The molecule has 52 heavy (non-hydrogen) atoms. The molecule has 0 saturated heterocycles. The summed E-state index contributed by atoms with van der Waals surface area (Å²) >= 11 is 0. The van der Waals surface area contributed by atoms with Gasteiger partial charge in [-0.1, -0.05) is 87.9 Å². The second-order valence-corrected chi connectivity index (χ2v) is 12.4. The van der Waals surface area contributed by atoms with E-state index in [1.165, 1.54) is 4.90 Å². The van der Waals surface area contributed by atoms with Crippen molar-refractivity contribution in [1.29, 1.82) is 15.8 Å². The van der Waals surface area contributed by atoms with Crippen LogP contribution in [0.1, 0.15) is 65.4 Å². The molecule has 266 valence electrons. The van der Waals surface area contributed by atoms with E-state index in [0.29, 0.717) is 43.8 Å². The number of allylic oxidation sites excluding steroid dienone is 5. The van der Waals surface area contributed by atoms with Crippen molar-refractivity contribution in [2.75, 3.05) is 26.2 Å². The first-order valence-electron chi connectivity index (χ1n) is 17.9. The number of unbranched alkanes of at least 4 members (excludes halogenated alkanes) is 1. The Morgan fingerprint density at radius 1 is 1.02 bits per heavy atom. The van der Waals surface area contributed by atoms with Gasteiger partial charge in [-0.2, -0.15) is 26.0 Å². The Balaban J connectivity index is 1.37. The van der Waals surface area contributed by atoms with Crippen LogP contribution < -0.4 is 0 Å². The van der Waals surface area contributed by atoms with Crippen LogP contribution in [0.25, 0.3) is 16.7 Å². The van der Waals surface area contributed by atoms with Crippen LogP contribution in [-0.2, 0) is 14.3 Å². The first-order chi connectivity index (χ1) is 25.3. The SMILES string of the molecule is C/C=C/CC(CC)C(=O)OCCN(CC)C1C=CC(N=Nc2ccc(-c3ccc(C4=C(C#N)C(=C(C#N)C#N)N(CCCC)C4=O)cc3)cc2)=CC1. The number of hydrogen-bond donors (Lipinski definition) is 0. The van der Waals surface area contributed by atoms with Gasteiger partial charge in [0.1, 0.15) is 24.8 Å². The maximum atomic E-state index is 13.5. The first kappa shape index (κ1) is 38.9. The van der Waals surface area contributed by atoms with E-state index in [0.717, 1.165) is 42.6 Å². The summed E-state index contributed by atoms with van der Waals surface area (Å²) in [5.74, 6) is -0.616. The summed E-state index contributed by atoms with van der Waals surface area (Å²) in [7, 11) is 0. The Labute approximate surface area is 307 Å². The molecule has 4 rings (SSSR count). The molecule has 0 saturated carbocycles. The third-order valence-electron chi connectivity index (χ3n) is 9.22. The summed E-state index contributed by atoms with van der Waals surface area (Å²) in [5.41, 5.74) is 3.95. The highest BCUT2D eigenvalue weighted by Gasteiger charge is 2.38. The van der Waals surface area contributed by atoms with Crippen LogP contribution in [0, 0.1) is 39.9 Å². The molecular formula is C42H45N7O3. The number of hydrogen-bond acceptors (Lipinski definition) is 9. The van der Waals surface area contributed by atoms with Crippen molar-refractivity contribution in [3.63, 3.8) is 0 Å². The van der Waals surface area contributed by atoms with Gasteiger partial charge in [-0.3, -0.25) is 14.5 Å². The Kier molecular flexibility index (Phi) is 14.6. The molecule has 2 aromatic rings. The molecule has 1 amide bonds. The molecule has 0 fully saturated rings. The smallest absolute Gasteiger partial charge is 0.309 e. The minimum absolute atomic E-state index is 0.0434. The number of ether oxygens (including phenoxy) is 1. The lowest BCUT2D eigenvalue weighted by atomic mass is 9.97. The summed E-state index contributed by atoms with van der Waals surface area (Å²) in [5, 5.41) is 38.0. The predicted molar refractivity (Wildman–Crippen MR) is 201 cm³/mol. The lowest BCUT2D eigenvalue weighted by Gasteiger charge is -2.29. The summed E-state index contributed by atoms with van der Waals surface area (Å²) in [4.78, 5) is 29.6. The van der Waals surface area contributed by atoms with Gasteiger partial charge in [0.15, 0.2) is 5.57 Å². The average Bonchev–Trinajstić information content (AvgIpc) is 3.46. The largest absolute Gasteiger partial charge is 0.464 e. The van der Waals surface area contributed by atoms with Gasteiger partial charge in [0.25, 0.3) is 5.91 Å². The number of azo groups is 1. The standard InChI is InChI=1S/C42H45N7O3/c1-5-9-11-30(7-3)42(51)52-26-25-48(8-4)37-22-20-36(21-23-37)47-46-35-18-16-32(17-19-35)31-12-14-33(15-13-31)39-38(29-45)40(34(27-43)28-44)49(41(39)50)24-10-6-2/h5,9,12-22,30,37H,6-8,10-11,23-26H2,1-4H3/b9-5+,47-46?. The number of amides is 1. The molecule has 2 aliphatic rings. The number of carbonyl (C=O) groups excluding carboxylic acids is 2. The quantitative estimate of drug-likeness (QED) is 0.0739. The van der Waals surface area contributed by atoms with Crippen LogP contribution in [0.5, 0.6) is 0 Å². The molecule has 0 spiro atoms. The van der Waals surface area contributed by atoms with Crippen molar-refractivity contribution in [2.24, 2.45) is 16.1 Å². The molecular weight excluding hydrogens is 651 g/mol. The average molecular weight is 696 g/mol. The lowest BCUT2D eigenvalue weighted by molar-refractivity contribution is -0.149. The highest BCUT2D eigenvalue weighted by molar-refractivity contribution is 6.26. The Hall–Kier alpha value is -5.89. The Bertz CT molecular complexity index is 1900. The van der Waals surface area contributed by atoms with Crippen molar-refractivity contribution in [3.8, 4) is 29.3 Å². The zero-order chi connectivity index (χ0) is 37.5. The zero-order valence-corrected chi connectivity index (χ0v) is 30.4. The first-order valence-corrected chi connectivity index (χ1v) is 17.9. The molecule has 2 atom stereocenters. The van der Waals surface area contributed by atoms with Crippen molar-refractivity contribution in [1.82, 2.24) is 9.80 Å². The van der Waals surface area contributed by atoms with E-state index >= 15 is 0 Å². The molecule has 1 heterocycles. The number of esters is 1. The van der Waals surface area contributed by atoms with Crippen LogP contribution in [-0.4, -0.2) is 54.0 Å². The highest BCUT2D eigenvalue weighted by Crippen LogP contribution is 2.38. The Morgan fingerprint density at radius 2 is 1.69 bits per heavy atom. The third kappa shape index (κ3) is 9.46. The molecule has 2 aromatic carbocycles. The van der Waals surface area contributed by atoms with Gasteiger partial charge >= 0.3 is 5.97 Å². The number of rotatable bonds is 16. The molecule has 0 aromatic heterocycles.